The van der Waals surface area contributed by atoms with Crippen LogP contribution in [-0.2, 0) is 6.54 Å². The van der Waals surface area contributed by atoms with E-state index >= 15 is 0 Å². The molecule has 0 amide bonds. The van der Waals surface area contributed by atoms with Gasteiger partial charge in [-0.2, -0.15) is 4.98 Å². The van der Waals surface area contributed by atoms with Crippen LogP contribution >= 0.6 is 11.6 Å². The van der Waals surface area contributed by atoms with Gasteiger partial charge in [0.1, 0.15) is 23.6 Å². The molecule has 0 spiro atoms. The Hall–Kier alpha value is -3.38. The smallest absolute Gasteiger partial charge is 0.225 e. The van der Waals surface area contributed by atoms with E-state index in [-0.39, 0.29) is 5.28 Å². The lowest BCUT2D eigenvalue weighted by molar-refractivity contribution is 0.389. The Morgan fingerprint density at radius 3 is 2.79 bits per heavy atom. The number of rotatable bonds is 4. The number of hydrogen-bond acceptors (Lipinski definition) is 5. The third-order valence-electron chi connectivity index (χ3n) is 4.90. The van der Waals surface area contributed by atoms with E-state index in [9.17, 15) is 0 Å². The zero-order valence-corrected chi connectivity index (χ0v) is 16.4. The molecule has 4 aromatic rings. The van der Waals surface area contributed by atoms with Crippen molar-refractivity contribution in [2.24, 2.45) is 0 Å². The summed E-state index contributed by atoms with van der Waals surface area (Å²) in [5.41, 5.74) is 5.30. The molecule has 0 saturated heterocycles. The summed E-state index contributed by atoms with van der Waals surface area (Å²) in [5, 5.41) is 0.188. The normalized spacial score (nSPS) is 14.2. The van der Waals surface area contributed by atoms with Crippen molar-refractivity contribution in [2.45, 2.75) is 6.54 Å². The quantitative estimate of drug-likeness (QED) is 0.469. The van der Waals surface area contributed by atoms with Crippen LogP contribution in [0.1, 0.15) is 16.8 Å². The summed E-state index contributed by atoms with van der Waals surface area (Å²) in [6.07, 6.45) is 3.74. The topological polar surface area (TPSA) is 62.1 Å². The number of para-hydroxylation sites is 1. The molecule has 0 N–H and O–H groups in total. The van der Waals surface area contributed by atoms with Gasteiger partial charge < -0.3 is 14.0 Å². The van der Waals surface area contributed by atoms with Crippen LogP contribution in [-0.4, -0.2) is 33.2 Å². The molecule has 2 aromatic heterocycles. The second kappa shape index (κ2) is 7.22. The molecule has 0 fully saturated rings. The first-order chi connectivity index (χ1) is 14.2. The summed E-state index contributed by atoms with van der Waals surface area (Å²) in [7, 11) is 1.65. The highest BCUT2D eigenvalue weighted by Crippen LogP contribution is 2.34. The maximum absolute atomic E-state index is 6.24. The number of fused-ring (bicyclic) bond motifs is 2. The molecule has 7 heteroatoms. The molecule has 144 valence electrons. The van der Waals surface area contributed by atoms with E-state index in [1.807, 2.05) is 59.2 Å². The molecule has 5 rings (SSSR count). The molecule has 0 unspecified atom stereocenters. The predicted octanol–water partition coefficient (Wildman–Crippen LogP) is 4.47. The summed E-state index contributed by atoms with van der Waals surface area (Å²) >= 11 is 6.24. The van der Waals surface area contributed by atoms with Crippen molar-refractivity contribution < 1.29 is 9.47 Å². The van der Waals surface area contributed by atoms with Gasteiger partial charge in [0.15, 0.2) is 5.65 Å². The third-order valence-corrected chi connectivity index (χ3v) is 5.07. The average Bonchev–Trinajstić information content (AvgIpc) is 3.33. The first-order valence-electron chi connectivity index (χ1n) is 9.15. The monoisotopic (exact) mass is 404 g/mol. The van der Waals surface area contributed by atoms with Crippen molar-refractivity contribution in [1.82, 2.24) is 19.5 Å². The van der Waals surface area contributed by atoms with Gasteiger partial charge in [-0.1, -0.05) is 30.3 Å². The second-order valence-electron chi connectivity index (χ2n) is 6.73. The zero-order valence-electron chi connectivity index (χ0n) is 15.7. The van der Waals surface area contributed by atoms with E-state index in [1.165, 1.54) is 0 Å². The van der Waals surface area contributed by atoms with Gasteiger partial charge in [-0.25, -0.2) is 9.97 Å². The maximum atomic E-state index is 6.24. The molecule has 6 nitrogen and oxygen atoms in total. The Kier molecular flexibility index (Phi) is 4.41. The van der Waals surface area contributed by atoms with Crippen molar-refractivity contribution in [3.05, 3.63) is 77.0 Å². The number of halogens is 1. The van der Waals surface area contributed by atoms with Crippen LogP contribution in [0, 0.1) is 0 Å². The van der Waals surface area contributed by atoms with E-state index in [0.717, 1.165) is 28.2 Å². The van der Waals surface area contributed by atoms with Gasteiger partial charge in [-0.15, -0.1) is 0 Å². The van der Waals surface area contributed by atoms with Crippen LogP contribution in [0.5, 0.6) is 11.5 Å². The number of nitrogens with zero attached hydrogens (tertiary/aromatic N) is 4. The Balaban J connectivity index is 1.54. The second-order valence-corrected chi connectivity index (χ2v) is 7.06. The first kappa shape index (κ1) is 17.7. The van der Waals surface area contributed by atoms with Gasteiger partial charge in [-0.05, 0) is 41.4 Å². The van der Waals surface area contributed by atoms with E-state index in [0.29, 0.717) is 30.0 Å². The van der Waals surface area contributed by atoms with Gasteiger partial charge in [0, 0.05) is 11.1 Å². The number of benzene rings is 2. The van der Waals surface area contributed by atoms with Gasteiger partial charge >= 0.3 is 0 Å². The standard InChI is InChI=1S/C22H17ClN4O2/c1-28-16-8-6-14(7-9-16)11-27-13-24-20-18(25-22(23)26-21(20)27)10-15-12-29-19-5-3-2-4-17(15)19/h2-10,13H,11-12H2,1H3/b15-10+. The number of ether oxygens (including phenoxy) is 2. The number of imidazole rings is 1. The van der Waals surface area contributed by atoms with Gasteiger partial charge in [0.2, 0.25) is 5.28 Å². The molecular weight excluding hydrogens is 388 g/mol. The van der Waals surface area contributed by atoms with Gasteiger partial charge in [0.05, 0.1) is 25.7 Å². The van der Waals surface area contributed by atoms with E-state index in [2.05, 4.69) is 15.0 Å². The summed E-state index contributed by atoms with van der Waals surface area (Å²) in [5.74, 6) is 1.70. The van der Waals surface area contributed by atoms with Crippen LogP contribution < -0.4 is 9.47 Å². The first-order valence-corrected chi connectivity index (χ1v) is 9.53. The predicted molar refractivity (Wildman–Crippen MR) is 112 cm³/mol. The van der Waals surface area contributed by atoms with E-state index in [1.54, 1.807) is 13.4 Å². The van der Waals surface area contributed by atoms with E-state index in [4.69, 9.17) is 21.1 Å². The van der Waals surface area contributed by atoms with Crippen molar-refractivity contribution in [3.8, 4) is 11.5 Å². The van der Waals surface area contributed by atoms with Crippen LogP contribution in [0.2, 0.25) is 5.28 Å². The van der Waals surface area contributed by atoms with E-state index < -0.39 is 0 Å². The van der Waals surface area contributed by atoms with Crippen LogP contribution in [0.3, 0.4) is 0 Å². The lowest BCUT2D eigenvalue weighted by atomic mass is 10.1. The Morgan fingerprint density at radius 2 is 1.97 bits per heavy atom. The molecule has 0 aliphatic carbocycles. The highest BCUT2D eigenvalue weighted by Gasteiger charge is 2.19. The van der Waals surface area contributed by atoms with Crippen molar-refractivity contribution in [1.29, 1.82) is 0 Å². The summed E-state index contributed by atoms with van der Waals surface area (Å²) in [6, 6.07) is 15.9. The average molecular weight is 405 g/mol. The summed E-state index contributed by atoms with van der Waals surface area (Å²) < 4.78 is 12.9. The minimum Gasteiger partial charge on any atom is -0.497 e. The highest BCUT2D eigenvalue weighted by molar-refractivity contribution is 6.28. The molecule has 1 aliphatic rings. The largest absolute Gasteiger partial charge is 0.497 e. The minimum atomic E-state index is 0.188. The Labute approximate surface area is 172 Å². The lowest BCUT2D eigenvalue weighted by Gasteiger charge is -2.06. The number of aromatic nitrogens is 4. The number of methoxy groups -OCH3 is 1. The molecule has 0 bridgehead atoms. The fourth-order valence-electron chi connectivity index (χ4n) is 3.46. The van der Waals surface area contributed by atoms with Crippen molar-refractivity contribution >= 4 is 34.4 Å². The van der Waals surface area contributed by atoms with Crippen LogP contribution in [0.4, 0.5) is 0 Å². The minimum absolute atomic E-state index is 0.188. The number of hydrogen-bond donors (Lipinski definition) is 0. The van der Waals surface area contributed by atoms with Crippen molar-refractivity contribution in [2.75, 3.05) is 13.7 Å². The lowest BCUT2D eigenvalue weighted by Crippen LogP contribution is -2.01. The van der Waals surface area contributed by atoms with Crippen molar-refractivity contribution in [3.63, 3.8) is 0 Å². The summed E-state index contributed by atoms with van der Waals surface area (Å²) in [4.78, 5) is 13.4. The molecule has 1 aliphatic heterocycles. The SMILES string of the molecule is COc1ccc(Cn2cnc3c(/C=C4\COc5ccccc54)nc(Cl)nc32)cc1. The van der Waals surface area contributed by atoms with Crippen LogP contribution in [0.15, 0.2) is 54.9 Å². The highest BCUT2D eigenvalue weighted by atomic mass is 35.5. The Morgan fingerprint density at radius 1 is 1.14 bits per heavy atom. The maximum Gasteiger partial charge on any atom is 0.225 e. The molecule has 3 heterocycles. The third kappa shape index (κ3) is 3.32. The summed E-state index contributed by atoms with van der Waals surface area (Å²) in [6.45, 7) is 1.12. The molecule has 2 aromatic carbocycles. The molecule has 29 heavy (non-hydrogen) atoms. The van der Waals surface area contributed by atoms with Crippen LogP contribution in [0.25, 0.3) is 22.8 Å². The molecule has 0 atom stereocenters. The molecule has 0 saturated carbocycles. The van der Waals surface area contributed by atoms with Gasteiger partial charge in [0.25, 0.3) is 0 Å². The van der Waals surface area contributed by atoms with Gasteiger partial charge in [-0.3, -0.25) is 0 Å². The fourth-order valence-corrected chi connectivity index (χ4v) is 3.63. The Bertz CT molecular complexity index is 1230. The molecular formula is C22H17ClN4O2. The molecule has 0 radical (unpaired) electrons. The zero-order chi connectivity index (χ0) is 19.8. The fraction of sp³-hybridized carbons (Fsp3) is 0.136.